The third kappa shape index (κ3) is 4.55. The summed E-state index contributed by atoms with van der Waals surface area (Å²) >= 11 is 0. The molecule has 1 heterocycles. The Hall–Kier alpha value is -1.91. The molecule has 1 atom stereocenters. The smallest absolute Gasteiger partial charge is 0.225 e. The van der Waals surface area contributed by atoms with Gasteiger partial charge in [-0.1, -0.05) is 19.1 Å². The van der Waals surface area contributed by atoms with E-state index in [9.17, 15) is 14.0 Å². The number of primary amides is 1. The van der Waals surface area contributed by atoms with E-state index in [-0.39, 0.29) is 23.5 Å². The minimum absolute atomic E-state index is 0.127. The molecule has 0 saturated carbocycles. The molecule has 1 fully saturated rings. The zero-order chi connectivity index (χ0) is 16.1. The predicted molar refractivity (Wildman–Crippen MR) is 82.4 cm³/mol. The van der Waals surface area contributed by atoms with Gasteiger partial charge >= 0.3 is 0 Å². The number of nitrogens with two attached hydrogens (primary N) is 1. The average molecular weight is 306 g/mol. The molecule has 1 aliphatic heterocycles. The van der Waals surface area contributed by atoms with Crippen molar-refractivity contribution >= 4 is 11.8 Å². The van der Waals surface area contributed by atoms with Gasteiger partial charge in [-0.05, 0) is 42.9 Å². The van der Waals surface area contributed by atoms with Crippen LogP contribution in [0.3, 0.4) is 0 Å². The average Bonchev–Trinajstić information content (AvgIpc) is 2.49. The van der Waals surface area contributed by atoms with E-state index in [1.165, 1.54) is 12.1 Å². The molecule has 2 amide bonds. The number of piperidine rings is 1. The third-order valence-electron chi connectivity index (χ3n) is 4.29. The van der Waals surface area contributed by atoms with Crippen molar-refractivity contribution in [2.24, 2.45) is 17.6 Å². The third-order valence-corrected chi connectivity index (χ3v) is 4.29. The lowest BCUT2D eigenvalue weighted by Crippen LogP contribution is -2.42. The maximum absolute atomic E-state index is 12.9. The first kappa shape index (κ1) is 16.5. The second-order valence-corrected chi connectivity index (χ2v) is 6.17. The summed E-state index contributed by atoms with van der Waals surface area (Å²) in [4.78, 5) is 25.3. The highest BCUT2D eigenvalue weighted by Gasteiger charge is 2.26. The Morgan fingerprint density at radius 3 is 2.41 bits per heavy atom. The molecule has 1 aliphatic rings. The van der Waals surface area contributed by atoms with Crippen LogP contribution in [0, 0.1) is 17.7 Å². The lowest BCUT2D eigenvalue weighted by Gasteiger charge is -2.33. The standard InChI is InChI=1S/C17H23FN2O2/c1-12(10-13-2-4-15(18)5-3-13)17(22)20-8-6-14(7-9-20)11-16(19)21/h2-5,12,14H,6-11H2,1H3,(H2,19,21). The van der Waals surface area contributed by atoms with Crippen molar-refractivity contribution in [2.75, 3.05) is 13.1 Å². The lowest BCUT2D eigenvalue weighted by atomic mass is 9.92. The van der Waals surface area contributed by atoms with E-state index in [0.29, 0.717) is 31.8 Å². The number of hydrogen-bond acceptors (Lipinski definition) is 2. The van der Waals surface area contributed by atoms with E-state index in [4.69, 9.17) is 5.73 Å². The second-order valence-electron chi connectivity index (χ2n) is 6.17. The summed E-state index contributed by atoms with van der Waals surface area (Å²) in [6.45, 7) is 3.27. The van der Waals surface area contributed by atoms with E-state index in [1.54, 1.807) is 12.1 Å². The highest BCUT2D eigenvalue weighted by Crippen LogP contribution is 2.22. The highest BCUT2D eigenvalue weighted by atomic mass is 19.1. The maximum Gasteiger partial charge on any atom is 0.225 e. The lowest BCUT2D eigenvalue weighted by molar-refractivity contribution is -0.136. The predicted octanol–water partition coefficient (Wildman–Crippen LogP) is 2.12. The Bertz CT molecular complexity index is 522. The van der Waals surface area contributed by atoms with Gasteiger partial charge in [-0.3, -0.25) is 9.59 Å². The first-order valence-electron chi connectivity index (χ1n) is 7.77. The van der Waals surface area contributed by atoms with E-state index in [0.717, 1.165) is 18.4 Å². The van der Waals surface area contributed by atoms with Crippen molar-refractivity contribution in [1.29, 1.82) is 0 Å². The Kier molecular flexibility index (Phi) is 5.52. The van der Waals surface area contributed by atoms with Gasteiger partial charge in [0.05, 0.1) is 0 Å². The minimum atomic E-state index is -0.269. The van der Waals surface area contributed by atoms with Crippen molar-refractivity contribution in [1.82, 2.24) is 4.90 Å². The van der Waals surface area contributed by atoms with Gasteiger partial charge in [0.25, 0.3) is 0 Å². The molecular formula is C17H23FN2O2. The number of amides is 2. The number of nitrogens with zero attached hydrogens (tertiary/aromatic N) is 1. The van der Waals surface area contributed by atoms with Crippen molar-refractivity contribution in [3.63, 3.8) is 0 Å². The molecule has 1 unspecified atom stereocenters. The maximum atomic E-state index is 12.9. The van der Waals surface area contributed by atoms with Crippen LogP contribution in [0.4, 0.5) is 4.39 Å². The van der Waals surface area contributed by atoms with Crippen LogP contribution in [0.2, 0.25) is 0 Å². The van der Waals surface area contributed by atoms with E-state index < -0.39 is 0 Å². The van der Waals surface area contributed by atoms with E-state index >= 15 is 0 Å². The van der Waals surface area contributed by atoms with Gasteiger partial charge in [0.15, 0.2) is 0 Å². The van der Waals surface area contributed by atoms with Crippen LogP contribution in [0.25, 0.3) is 0 Å². The summed E-state index contributed by atoms with van der Waals surface area (Å²) < 4.78 is 12.9. The number of rotatable bonds is 5. The molecule has 1 saturated heterocycles. The quantitative estimate of drug-likeness (QED) is 0.905. The SMILES string of the molecule is CC(Cc1ccc(F)cc1)C(=O)N1CCC(CC(N)=O)CC1. The Morgan fingerprint density at radius 1 is 1.27 bits per heavy atom. The zero-order valence-corrected chi connectivity index (χ0v) is 12.9. The van der Waals surface area contributed by atoms with Gasteiger partial charge < -0.3 is 10.6 Å². The fourth-order valence-corrected chi connectivity index (χ4v) is 3.02. The number of likely N-dealkylation sites (tertiary alicyclic amines) is 1. The largest absolute Gasteiger partial charge is 0.370 e. The van der Waals surface area contributed by atoms with Gasteiger partial charge in [-0.25, -0.2) is 4.39 Å². The summed E-state index contributed by atoms with van der Waals surface area (Å²) in [5, 5.41) is 0. The van der Waals surface area contributed by atoms with Crippen molar-refractivity contribution in [2.45, 2.75) is 32.6 Å². The fraction of sp³-hybridized carbons (Fsp3) is 0.529. The van der Waals surface area contributed by atoms with Crippen molar-refractivity contribution in [3.05, 3.63) is 35.6 Å². The zero-order valence-electron chi connectivity index (χ0n) is 12.9. The summed E-state index contributed by atoms with van der Waals surface area (Å²) in [6.07, 6.45) is 2.68. The van der Waals surface area contributed by atoms with Crippen LogP contribution in [0.5, 0.6) is 0 Å². The first-order valence-corrected chi connectivity index (χ1v) is 7.77. The molecule has 0 spiro atoms. The van der Waals surface area contributed by atoms with Gasteiger partial charge in [-0.2, -0.15) is 0 Å². The molecule has 0 aliphatic carbocycles. The van der Waals surface area contributed by atoms with Gasteiger partial charge in [0, 0.05) is 25.4 Å². The molecule has 4 nitrogen and oxygen atoms in total. The van der Waals surface area contributed by atoms with Crippen LogP contribution in [-0.2, 0) is 16.0 Å². The first-order chi connectivity index (χ1) is 10.5. The van der Waals surface area contributed by atoms with Crippen molar-refractivity contribution in [3.8, 4) is 0 Å². The molecule has 1 aromatic carbocycles. The second kappa shape index (κ2) is 7.38. The van der Waals surface area contributed by atoms with Gasteiger partial charge in [-0.15, -0.1) is 0 Å². The summed E-state index contributed by atoms with van der Waals surface area (Å²) in [7, 11) is 0. The number of carbonyl (C=O) groups is 2. The molecule has 5 heteroatoms. The number of hydrogen-bond donors (Lipinski definition) is 1. The van der Waals surface area contributed by atoms with E-state index in [2.05, 4.69) is 0 Å². The monoisotopic (exact) mass is 306 g/mol. The molecule has 2 rings (SSSR count). The molecule has 0 radical (unpaired) electrons. The summed E-state index contributed by atoms with van der Waals surface area (Å²) in [5.74, 6) is -0.234. The number of carbonyl (C=O) groups excluding carboxylic acids is 2. The molecule has 0 bridgehead atoms. The summed E-state index contributed by atoms with van der Waals surface area (Å²) in [6, 6.07) is 6.28. The Morgan fingerprint density at radius 2 is 1.86 bits per heavy atom. The summed E-state index contributed by atoms with van der Waals surface area (Å²) in [5.41, 5.74) is 6.18. The fourth-order valence-electron chi connectivity index (χ4n) is 3.02. The van der Waals surface area contributed by atoms with Crippen molar-refractivity contribution < 1.29 is 14.0 Å². The van der Waals surface area contributed by atoms with Crippen LogP contribution in [-0.4, -0.2) is 29.8 Å². The molecule has 120 valence electrons. The van der Waals surface area contributed by atoms with Gasteiger partial charge in [0.2, 0.25) is 11.8 Å². The molecule has 22 heavy (non-hydrogen) atoms. The van der Waals surface area contributed by atoms with Crippen LogP contribution >= 0.6 is 0 Å². The molecule has 0 aromatic heterocycles. The molecular weight excluding hydrogens is 283 g/mol. The Balaban J connectivity index is 1.84. The number of halogens is 1. The molecule has 2 N–H and O–H groups in total. The number of benzene rings is 1. The topological polar surface area (TPSA) is 63.4 Å². The van der Waals surface area contributed by atoms with Crippen LogP contribution < -0.4 is 5.73 Å². The normalized spacial score (nSPS) is 17.3. The minimum Gasteiger partial charge on any atom is -0.370 e. The highest BCUT2D eigenvalue weighted by molar-refractivity contribution is 5.79. The van der Waals surface area contributed by atoms with Gasteiger partial charge in [0.1, 0.15) is 5.82 Å². The van der Waals surface area contributed by atoms with E-state index in [1.807, 2.05) is 11.8 Å². The molecule has 1 aromatic rings. The van der Waals surface area contributed by atoms with Crippen LogP contribution in [0.1, 0.15) is 31.7 Å². The van der Waals surface area contributed by atoms with Crippen LogP contribution in [0.15, 0.2) is 24.3 Å². The Labute approximate surface area is 130 Å².